The van der Waals surface area contributed by atoms with Crippen molar-refractivity contribution in [2.45, 2.75) is 38.6 Å². The molecule has 1 amide bonds. The molecule has 4 heteroatoms. The first-order chi connectivity index (χ1) is 10.1. The number of aromatic hydroxyl groups is 1. The van der Waals surface area contributed by atoms with Gasteiger partial charge in [0.05, 0.1) is 0 Å². The summed E-state index contributed by atoms with van der Waals surface area (Å²) in [4.78, 5) is 16.9. The molecule has 1 aliphatic heterocycles. The Kier molecular flexibility index (Phi) is 4.15. The highest BCUT2D eigenvalue weighted by Gasteiger charge is 2.28. The number of piperazine rings is 1. The summed E-state index contributed by atoms with van der Waals surface area (Å²) in [6, 6.07) is 5.93. The molecule has 1 N–H and O–H groups in total. The first kappa shape index (κ1) is 14.4. The molecule has 0 atom stereocenters. The molecule has 1 heterocycles. The number of carbonyl (C=O) groups excluding carboxylic acids is 1. The van der Waals surface area contributed by atoms with Gasteiger partial charge in [-0.05, 0) is 37.5 Å². The highest BCUT2D eigenvalue weighted by atomic mass is 16.3. The van der Waals surface area contributed by atoms with Crippen molar-refractivity contribution < 1.29 is 9.90 Å². The Morgan fingerprint density at radius 2 is 1.81 bits per heavy atom. The number of aryl methyl sites for hydroxylation is 1. The highest BCUT2D eigenvalue weighted by molar-refractivity contribution is 5.94. The van der Waals surface area contributed by atoms with Gasteiger partial charge >= 0.3 is 0 Å². The number of phenolic OH excluding ortho intramolecular Hbond substituents is 1. The summed E-state index contributed by atoms with van der Waals surface area (Å²) in [6.07, 6.45) is 5.35. The third kappa shape index (κ3) is 3.05. The van der Waals surface area contributed by atoms with Crippen LogP contribution >= 0.6 is 0 Å². The van der Waals surface area contributed by atoms with E-state index in [2.05, 4.69) is 4.90 Å². The van der Waals surface area contributed by atoms with Crippen molar-refractivity contribution in [3.63, 3.8) is 0 Å². The first-order valence-corrected chi connectivity index (χ1v) is 7.98. The number of rotatable bonds is 2. The number of nitrogens with zero attached hydrogens (tertiary/aromatic N) is 2. The molecule has 1 aromatic rings. The molecule has 0 aromatic heterocycles. The lowest BCUT2D eigenvalue weighted by Gasteiger charge is -2.38. The highest BCUT2D eigenvalue weighted by Crippen LogP contribution is 2.25. The van der Waals surface area contributed by atoms with Gasteiger partial charge < -0.3 is 10.0 Å². The van der Waals surface area contributed by atoms with Gasteiger partial charge in [-0.15, -0.1) is 0 Å². The maximum atomic E-state index is 12.5. The molecule has 1 aromatic carbocycles. The van der Waals surface area contributed by atoms with Gasteiger partial charge in [-0.2, -0.15) is 0 Å². The molecular weight excluding hydrogens is 264 g/mol. The third-order valence-electron chi connectivity index (χ3n) is 4.90. The molecule has 0 spiro atoms. The van der Waals surface area contributed by atoms with Crippen LogP contribution in [0.2, 0.25) is 0 Å². The molecular formula is C17H24N2O2. The van der Waals surface area contributed by atoms with Crippen LogP contribution in [0.4, 0.5) is 0 Å². The maximum absolute atomic E-state index is 12.5. The standard InChI is InChI=1S/C17H24N2O2/c1-13-6-7-14(12-16(13)20)17(21)19-10-8-18(9-11-19)15-4-2-3-5-15/h6-7,12,15,20H,2-5,8-11H2,1H3. The molecule has 1 saturated carbocycles. The Bertz CT molecular complexity index is 516. The molecule has 0 unspecified atom stereocenters. The quantitative estimate of drug-likeness (QED) is 0.909. The number of amides is 1. The van der Waals surface area contributed by atoms with E-state index in [1.54, 1.807) is 18.2 Å². The van der Waals surface area contributed by atoms with E-state index in [1.165, 1.54) is 25.7 Å². The Balaban J connectivity index is 1.60. The van der Waals surface area contributed by atoms with Crippen molar-refractivity contribution in [3.05, 3.63) is 29.3 Å². The minimum Gasteiger partial charge on any atom is -0.508 e. The summed E-state index contributed by atoms with van der Waals surface area (Å²) in [5.74, 6) is 0.238. The van der Waals surface area contributed by atoms with E-state index in [4.69, 9.17) is 0 Å². The Labute approximate surface area is 126 Å². The van der Waals surface area contributed by atoms with Crippen LogP contribution in [0.3, 0.4) is 0 Å². The number of hydrogen-bond acceptors (Lipinski definition) is 3. The fraction of sp³-hybridized carbons (Fsp3) is 0.588. The minimum atomic E-state index is 0.0383. The maximum Gasteiger partial charge on any atom is 0.254 e. The summed E-state index contributed by atoms with van der Waals surface area (Å²) < 4.78 is 0. The molecule has 114 valence electrons. The van der Waals surface area contributed by atoms with E-state index in [1.807, 2.05) is 11.8 Å². The van der Waals surface area contributed by atoms with Crippen LogP contribution in [0.5, 0.6) is 5.75 Å². The zero-order valence-corrected chi connectivity index (χ0v) is 12.7. The van der Waals surface area contributed by atoms with E-state index in [0.717, 1.165) is 37.8 Å². The second-order valence-electron chi connectivity index (χ2n) is 6.27. The SMILES string of the molecule is Cc1ccc(C(=O)N2CCN(C3CCCC3)CC2)cc1O. The normalized spacial score (nSPS) is 20.9. The van der Waals surface area contributed by atoms with Crippen molar-refractivity contribution in [1.29, 1.82) is 0 Å². The summed E-state index contributed by atoms with van der Waals surface area (Å²) in [7, 11) is 0. The lowest BCUT2D eigenvalue weighted by Crippen LogP contribution is -2.51. The minimum absolute atomic E-state index is 0.0383. The van der Waals surface area contributed by atoms with Gasteiger partial charge in [0.2, 0.25) is 0 Å². The van der Waals surface area contributed by atoms with Crippen molar-refractivity contribution in [1.82, 2.24) is 9.80 Å². The zero-order valence-electron chi connectivity index (χ0n) is 12.7. The Morgan fingerprint density at radius 3 is 2.43 bits per heavy atom. The van der Waals surface area contributed by atoms with E-state index >= 15 is 0 Å². The van der Waals surface area contributed by atoms with Crippen LogP contribution in [0.15, 0.2) is 18.2 Å². The number of phenols is 1. The first-order valence-electron chi connectivity index (χ1n) is 7.98. The second-order valence-corrected chi connectivity index (χ2v) is 6.27. The smallest absolute Gasteiger partial charge is 0.254 e. The van der Waals surface area contributed by atoms with Gasteiger partial charge in [0.15, 0.2) is 0 Å². The van der Waals surface area contributed by atoms with Crippen LogP contribution in [-0.4, -0.2) is 53.0 Å². The zero-order chi connectivity index (χ0) is 14.8. The molecule has 2 aliphatic rings. The molecule has 21 heavy (non-hydrogen) atoms. The molecule has 4 nitrogen and oxygen atoms in total. The van der Waals surface area contributed by atoms with Crippen molar-refractivity contribution in [2.24, 2.45) is 0 Å². The van der Waals surface area contributed by atoms with Crippen LogP contribution in [0, 0.1) is 6.92 Å². The molecule has 3 rings (SSSR count). The summed E-state index contributed by atoms with van der Waals surface area (Å²) in [6.45, 7) is 5.39. The fourth-order valence-electron chi connectivity index (χ4n) is 3.48. The van der Waals surface area contributed by atoms with Gasteiger partial charge in [0, 0.05) is 37.8 Å². The molecule has 2 fully saturated rings. The van der Waals surface area contributed by atoms with E-state index in [0.29, 0.717) is 5.56 Å². The van der Waals surface area contributed by atoms with Crippen LogP contribution in [0.1, 0.15) is 41.6 Å². The van der Waals surface area contributed by atoms with E-state index in [-0.39, 0.29) is 11.7 Å². The van der Waals surface area contributed by atoms with Gasteiger partial charge in [-0.25, -0.2) is 0 Å². The van der Waals surface area contributed by atoms with Crippen LogP contribution in [0.25, 0.3) is 0 Å². The Hall–Kier alpha value is -1.55. The van der Waals surface area contributed by atoms with Crippen LogP contribution < -0.4 is 0 Å². The van der Waals surface area contributed by atoms with Crippen molar-refractivity contribution in [2.75, 3.05) is 26.2 Å². The predicted octanol–water partition coefficient (Wildman–Crippen LogP) is 2.40. The third-order valence-corrected chi connectivity index (χ3v) is 4.90. The molecule has 1 aliphatic carbocycles. The van der Waals surface area contributed by atoms with Crippen molar-refractivity contribution >= 4 is 5.91 Å². The summed E-state index contributed by atoms with van der Waals surface area (Å²) >= 11 is 0. The monoisotopic (exact) mass is 288 g/mol. The van der Waals surface area contributed by atoms with E-state index in [9.17, 15) is 9.90 Å². The van der Waals surface area contributed by atoms with Gasteiger partial charge in [-0.3, -0.25) is 9.69 Å². The molecule has 0 radical (unpaired) electrons. The number of benzene rings is 1. The van der Waals surface area contributed by atoms with E-state index < -0.39 is 0 Å². The predicted molar refractivity (Wildman–Crippen MR) is 82.6 cm³/mol. The van der Waals surface area contributed by atoms with Crippen molar-refractivity contribution in [3.8, 4) is 5.75 Å². The van der Waals surface area contributed by atoms with Gasteiger partial charge in [0.1, 0.15) is 5.75 Å². The average Bonchev–Trinajstić information content (AvgIpc) is 3.04. The molecule has 1 saturated heterocycles. The summed E-state index contributed by atoms with van der Waals surface area (Å²) in [5, 5.41) is 9.75. The number of carbonyl (C=O) groups is 1. The van der Waals surface area contributed by atoms with Gasteiger partial charge in [0.25, 0.3) is 5.91 Å². The fourth-order valence-corrected chi connectivity index (χ4v) is 3.48. The number of hydrogen-bond donors (Lipinski definition) is 1. The van der Waals surface area contributed by atoms with Gasteiger partial charge in [-0.1, -0.05) is 18.9 Å². The molecule has 0 bridgehead atoms. The second kappa shape index (κ2) is 6.06. The topological polar surface area (TPSA) is 43.8 Å². The average molecular weight is 288 g/mol. The lowest BCUT2D eigenvalue weighted by atomic mass is 10.1. The lowest BCUT2D eigenvalue weighted by molar-refractivity contribution is 0.0573. The van der Waals surface area contributed by atoms with Crippen LogP contribution in [-0.2, 0) is 0 Å². The largest absolute Gasteiger partial charge is 0.508 e. The summed E-state index contributed by atoms with van der Waals surface area (Å²) in [5.41, 5.74) is 1.39. The Morgan fingerprint density at radius 1 is 1.14 bits per heavy atom.